The Bertz CT molecular complexity index is 933. The average molecular weight is 354 g/mol. The highest BCUT2D eigenvalue weighted by Gasteiger charge is 2.28. The van der Waals surface area contributed by atoms with Gasteiger partial charge in [-0.15, -0.1) is 0 Å². The molecule has 0 saturated heterocycles. The number of oxazole rings is 1. The normalized spacial score (nSPS) is 13.6. The summed E-state index contributed by atoms with van der Waals surface area (Å²) in [5, 5.41) is 4.41. The second-order valence-corrected chi connectivity index (χ2v) is 5.88. The van der Waals surface area contributed by atoms with Crippen molar-refractivity contribution in [3.05, 3.63) is 48.0 Å². The van der Waals surface area contributed by atoms with Gasteiger partial charge in [0.25, 0.3) is 5.91 Å². The van der Waals surface area contributed by atoms with E-state index in [0.717, 1.165) is 5.56 Å². The van der Waals surface area contributed by atoms with Crippen LogP contribution in [0.15, 0.2) is 41.1 Å². The highest BCUT2D eigenvalue weighted by molar-refractivity contribution is 5.94. The van der Waals surface area contributed by atoms with Crippen LogP contribution in [-0.4, -0.2) is 46.3 Å². The summed E-state index contributed by atoms with van der Waals surface area (Å²) in [5.74, 6) is 1.73. The number of aromatic nitrogens is 3. The first-order chi connectivity index (χ1) is 12.7. The van der Waals surface area contributed by atoms with Crippen LogP contribution in [-0.2, 0) is 13.1 Å². The van der Waals surface area contributed by atoms with E-state index in [0.29, 0.717) is 48.4 Å². The summed E-state index contributed by atoms with van der Waals surface area (Å²) in [5.41, 5.74) is 2.00. The van der Waals surface area contributed by atoms with E-state index in [1.165, 1.54) is 6.26 Å². The van der Waals surface area contributed by atoms with E-state index in [-0.39, 0.29) is 5.91 Å². The Morgan fingerprint density at radius 1 is 1.19 bits per heavy atom. The number of hydrogen-bond acceptors (Lipinski definition) is 6. The molecule has 0 saturated carbocycles. The number of ether oxygens (including phenoxy) is 2. The summed E-state index contributed by atoms with van der Waals surface area (Å²) >= 11 is 0. The predicted octanol–water partition coefficient (Wildman–Crippen LogP) is 2.21. The molecule has 3 heterocycles. The number of hydrogen-bond donors (Lipinski definition) is 0. The van der Waals surface area contributed by atoms with Crippen molar-refractivity contribution in [2.24, 2.45) is 0 Å². The molecular formula is C18H18N4O4. The van der Waals surface area contributed by atoms with E-state index in [4.69, 9.17) is 13.9 Å². The minimum atomic E-state index is -0.0839. The number of carbonyl (C=O) groups is 1. The van der Waals surface area contributed by atoms with Crippen LogP contribution < -0.4 is 9.47 Å². The van der Waals surface area contributed by atoms with Crippen molar-refractivity contribution in [3.8, 4) is 23.1 Å². The van der Waals surface area contributed by atoms with Crippen LogP contribution in [0.1, 0.15) is 16.1 Å². The molecule has 1 aliphatic heterocycles. The molecule has 1 aliphatic rings. The van der Waals surface area contributed by atoms with E-state index >= 15 is 0 Å². The Hall–Kier alpha value is -3.29. The van der Waals surface area contributed by atoms with Crippen LogP contribution in [0.4, 0.5) is 0 Å². The maximum absolute atomic E-state index is 12.9. The van der Waals surface area contributed by atoms with Gasteiger partial charge in [0.1, 0.15) is 29.2 Å². The topological polar surface area (TPSA) is 82.6 Å². The molecule has 1 aromatic carbocycles. The van der Waals surface area contributed by atoms with Crippen molar-refractivity contribution in [2.45, 2.75) is 13.1 Å². The molecule has 1 amide bonds. The Morgan fingerprint density at radius 3 is 2.81 bits per heavy atom. The van der Waals surface area contributed by atoms with Crippen molar-refractivity contribution in [2.75, 3.05) is 20.8 Å². The summed E-state index contributed by atoms with van der Waals surface area (Å²) in [7, 11) is 3.21. The number of amides is 1. The van der Waals surface area contributed by atoms with E-state index in [1.54, 1.807) is 36.1 Å². The van der Waals surface area contributed by atoms with E-state index < -0.39 is 0 Å². The SMILES string of the molecule is COc1ccc(CN2CCn3nc(-c4ncco4)cc3C2=O)c(OC)c1. The van der Waals surface area contributed by atoms with Gasteiger partial charge in [-0.25, -0.2) is 4.98 Å². The summed E-state index contributed by atoms with van der Waals surface area (Å²) in [6.45, 7) is 1.62. The van der Waals surface area contributed by atoms with Gasteiger partial charge in [0.15, 0.2) is 0 Å². The third kappa shape index (κ3) is 2.79. The first-order valence-electron chi connectivity index (χ1n) is 8.17. The van der Waals surface area contributed by atoms with Crippen molar-refractivity contribution >= 4 is 5.91 Å². The summed E-state index contributed by atoms with van der Waals surface area (Å²) in [4.78, 5) is 18.7. The van der Waals surface area contributed by atoms with Crippen molar-refractivity contribution in [3.63, 3.8) is 0 Å². The third-order valence-corrected chi connectivity index (χ3v) is 4.37. The van der Waals surface area contributed by atoms with Crippen LogP contribution in [0.5, 0.6) is 11.5 Å². The first-order valence-corrected chi connectivity index (χ1v) is 8.17. The highest BCUT2D eigenvalue weighted by Crippen LogP contribution is 2.27. The number of methoxy groups -OCH3 is 2. The monoisotopic (exact) mass is 354 g/mol. The van der Waals surface area contributed by atoms with Gasteiger partial charge in [0.05, 0.1) is 27.0 Å². The molecular weight excluding hydrogens is 336 g/mol. The second kappa shape index (κ2) is 6.55. The van der Waals surface area contributed by atoms with Gasteiger partial charge in [0.2, 0.25) is 5.89 Å². The maximum Gasteiger partial charge on any atom is 0.272 e. The summed E-state index contributed by atoms with van der Waals surface area (Å²) < 4.78 is 17.6. The van der Waals surface area contributed by atoms with Crippen LogP contribution in [0.2, 0.25) is 0 Å². The molecule has 0 atom stereocenters. The number of carbonyl (C=O) groups excluding carboxylic acids is 1. The minimum Gasteiger partial charge on any atom is -0.497 e. The quantitative estimate of drug-likeness (QED) is 0.699. The van der Waals surface area contributed by atoms with Gasteiger partial charge in [-0.2, -0.15) is 5.10 Å². The number of rotatable bonds is 5. The van der Waals surface area contributed by atoms with Crippen molar-refractivity contribution in [1.29, 1.82) is 0 Å². The summed E-state index contributed by atoms with van der Waals surface area (Å²) in [6.07, 6.45) is 3.04. The lowest BCUT2D eigenvalue weighted by Gasteiger charge is -2.28. The van der Waals surface area contributed by atoms with Gasteiger partial charge >= 0.3 is 0 Å². The zero-order chi connectivity index (χ0) is 18.1. The van der Waals surface area contributed by atoms with Gasteiger partial charge in [0, 0.05) is 30.8 Å². The molecule has 0 N–H and O–H groups in total. The zero-order valence-electron chi connectivity index (χ0n) is 14.5. The maximum atomic E-state index is 12.9. The van der Waals surface area contributed by atoms with E-state index in [2.05, 4.69) is 10.1 Å². The van der Waals surface area contributed by atoms with Gasteiger partial charge in [-0.3, -0.25) is 9.48 Å². The number of nitrogens with zero attached hydrogens (tertiary/aromatic N) is 4. The second-order valence-electron chi connectivity index (χ2n) is 5.88. The van der Waals surface area contributed by atoms with Crippen LogP contribution in [0, 0.1) is 0 Å². The average Bonchev–Trinajstić information content (AvgIpc) is 3.33. The molecule has 0 aliphatic carbocycles. The first kappa shape index (κ1) is 16.2. The summed E-state index contributed by atoms with van der Waals surface area (Å²) in [6, 6.07) is 7.30. The number of benzene rings is 1. The zero-order valence-corrected chi connectivity index (χ0v) is 14.5. The fraction of sp³-hybridized carbons (Fsp3) is 0.278. The molecule has 26 heavy (non-hydrogen) atoms. The third-order valence-electron chi connectivity index (χ3n) is 4.37. The predicted molar refractivity (Wildman–Crippen MR) is 92.0 cm³/mol. The highest BCUT2D eigenvalue weighted by atomic mass is 16.5. The van der Waals surface area contributed by atoms with Gasteiger partial charge in [-0.1, -0.05) is 0 Å². The molecule has 0 unspecified atom stereocenters. The van der Waals surface area contributed by atoms with Crippen molar-refractivity contribution in [1.82, 2.24) is 19.7 Å². The van der Waals surface area contributed by atoms with E-state index in [1.807, 2.05) is 18.2 Å². The fourth-order valence-corrected chi connectivity index (χ4v) is 3.03. The van der Waals surface area contributed by atoms with Crippen LogP contribution in [0.25, 0.3) is 11.6 Å². The molecule has 0 radical (unpaired) electrons. The standard InChI is InChI=1S/C18H18N4O4/c1-24-13-4-3-12(16(9-13)25-2)11-21-6-7-22-15(18(21)23)10-14(20-22)17-19-5-8-26-17/h3-5,8-10H,6-7,11H2,1-2H3. The molecule has 134 valence electrons. The van der Waals surface area contributed by atoms with Gasteiger partial charge in [-0.05, 0) is 12.1 Å². The largest absolute Gasteiger partial charge is 0.497 e. The molecule has 4 rings (SSSR count). The molecule has 3 aromatic rings. The Kier molecular flexibility index (Phi) is 4.08. The minimum absolute atomic E-state index is 0.0839. The lowest BCUT2D eigenvalue weighted by Crippen LogP contribution is -2.39. The molecule has 0 fully saturated rings. The van der Waals surface area contributed by atoms with E-state index in [9.17, 15) is 4.79 Å². The molecule has 0 bridgehead atoms. The Labute approximate surface area is 149 Å². The molecule has 8 heteroatoms. The number of fused-ring (bicyclic) bond motifs is 1. The molecule has 0 spiro atoms. The Balaban J connectivity index is 1.58. The molecule has 8 nitrogen and oxygen atoms in total. The smallest absolute Gasteiger partial charge is 0.272 e. The lowest BCUT2D eigenvalue weighted by molar-refractivity contribution is 0.0682. The van der Waals surface area contributed by atoms with Gasteiger partial charge < -0.3 is 18.8 Å². The molecule has 2 aromatic heterocycles. The van der Waals surface area contributed by atoms with Crippen molar-refractivity contribution < 1.29 is 18.7 Å². The lowest BCUT2D eigenvalue weighted by atomic mass is 10.1. The fourth-order valence-electron chi connectivity index (χ4n) is 3.03. The van der Waals surface area contributed by atoms with Crippen LogP contribution in [0.3, 0.4) is 0 Å². The Morgan fingerprint density at radius 2 is 2.08 bits per heavy atom. The van der Waals surface area contributed by atoms with Crippen LogP contribution >= 0.6 is 0 Å².